The van der Waals surface area contributed by atoms with Gasteiger partial charge in [-0.2, -0.15) is 0 Å². The number of furan rings is 1. The molecule has 148 valence electrons. The van der Waals surface area contributed by atoms with Crippen molar-refractivity contribution in [1.29, 1.82) is 0 Å². The van der Waals surface area contributed by atoms with E-state index in [1.807, 2.05) is 42.5 Å². The third kappa shape index (κ3) is 4.38. The van der Waals surface area contributed by atoms with Gasteiger partial charge in [-0.25, -0.2) is 8.42 Å². The lowest BCUT2D eigenvalue weighted by Crippen LogP contribution is -2.39. The third-order valence-corrected chi connectivity index (χ3v) is 7.39. The van der Waals surface area contributed by atoms with Gasteiger partial charge in [-0.15, -0.1) is 0 Å². The van der Waals surface area contributed by atoms with Crippen molar-refractivity contribution in [1.82, 2.24) is 4.90 Å². The van der Waals surface area contributed by atoms with Crippen LogP contribution in [0, 0.1) is 5.92 Å². The maximum atomic E-state index is 12.9. The van der Waals surface area contributed by atoms with Gasteiger partial charge in [0.05, 0.1) is 11.5 Å². The van der Waals surface area contributed by atoms with Crippen molar-refractivity contribution in [2.75, 3.05) is 11.5 Å². The Morgan fingerprint density at radius 2 is 1.96 bits per heavy atom. The number of rotatable bonds is 6. The van der Waals surface area contributed by atoms with Crippen molar-refractivity contribution in [2.24, 2.45) is 5.92 Å². The number of hydrogen-bond acceptors (Lipinski definition) is 4. The summed E-state index contributed by atoms with van der Waals surface area (Å²) in [5, 5.41) is 0. The maximum absolute atomic E-state index is 12.9. The van der Waals surface area contributed by atoms with Gasteiger partial charge in [-0.1, -0.05) is 37.3 Å². The van der Waals surface area contributed by atoms with Crippen LogP contribution in [-0.2, 0) is 21.2 Å². The molecule has 0 radical (unpaired) electrons. The number of nitrogens with zero attached hydrogens (tertiary/aromatic N) is 1. The van der Waals surface area contributed by atoms with Crippen LogP contribution in [0.2, 0.25) is 0 Å². The molecule has 1 aromatic carbocycles. The highest BCUT2D eigenvalue weighted by Gasteiger charge is 2.36. The molecule has 0 bridgehead atoms. The van der Waals surface area contributed by atoms with Crippen molar-refractivity contribution >= 4 is 21.8 Å². The molecule has 6 heteroatoms. The summed E-state index contributed by atoms with van der Waals surface area (Å²) >= 11 is 0. The topological polar surface area (TPSA) is 67.6 Å². The van der Waals surface area contributed by atoms with Crippen LogP contribution in [0.15, 0.2) is 53.0 Å². The van der Waals surface area contributed by atoms with Crippen molar-refractivity contribution in [2.45, 2.75) is 38.3 Å². The molecule has 2 aromatic rings. The minimum atomic E-state index is -3.07. The summed E-state index contributed by atoms with van der Waals surface area (Å²) in [4.78, 5) is 14.6. The molecule has 0 N–H and O–H groups in total. The first-order valence-electron chi connectivity index (χ1n) is 9.74. The molecule has 2 fully saturated rings. The molecule has 1 aliphatic heterocycles. The van der Waals surface area contributed by atoms with Crippen LogP contribution in [0.25, 0.3) is 6.08 Å². The van der Waals surface area contributed by atoms with E-state index in [1.54, 1.807) is 11.0 Å². The summed E-state index contributed by atoms with van der Waals surface area (Å²) < 4.78 is 29.7. The quantitative estimate of drug-likeness (QED) is 0.696. The van der Waals surface area contributed by atoms with E-state index >= 15 is 0 Å². The second-order valence-corrected chi connectivity index (χ2v) is 10.1. The molecule has 1 saturated carbocycles. The number of amides is 1. The Kier molecular flexibility index (Phi) is 5.15. The van der Waals surface area contributed by atoms with Crippen molar-refractivity contribution in [3.63, 3.8) is 0 Å². The Hall–Kier alpha value is -2.34. The van der Waals surface area contributed by atoms with Crippen LogP contribution in [0.4, 0.5) is 0 Å². The molecule has 3 atom stereocenters. The minimum absolute atomic E-state index is 0.0316. The fourth-order valence-corrected chi connectivity index (χ4v) is 5.54. The average Bonchev–Trinajstić information content (AvgIpc) is 3.06. The van der Waals surface area contributed by atoms with Crippen molar-refractivity contribution in [3.8, 4) is 0 Å². The van der Waals surface area contributed by atoms with Crippen molar-refractivity contribution < 1.29 is 17.6 Å². The zero-order valence-corrected chi connectivity index (χ0v) is 16.8. The van der Waals surface area contributed by atoms with E-state index in [1.165, 1.54) is 6.08 Å². The van der Waals surface area contributed by atoms with Crippen LogP contribution < -0.4 is 0 Å². The molecular formula is C22H25NO4S. The first-order chi connectivity index (χ1) is 13.4. The predicted molar refractivity (Wildman–Crippen MR) is 108 cm³/mol. The molecule has 0 spiro atoms. The molecule has 1 aliphatic carbocycles. The Morgan fingerprint density at radius 3 is 2.61 bits per heavy atom. The van der Waals surface area contributed by atoms with E-state index in [0.717, 1.165) is 17.7 Å². The van der Waals surface area contributed by atoms with Gasteiger partial charge < -0.3 is 9.32 Å². The van der Waals surface area contributed by atoms with E-state index in [0.29, 0.717) is 30.6 Å². The molecule has 1 amide bonds. The first kappa shape index (κ1) is 19.0. The second-order valence-electron chi connectivity index (χ2n) is 7.90. The van der Waals surface area contributed by atoms with E-state index in [4.69, 9.17) is 4.42 Å². The summed E-state index contributed by atoms with van der Waals surface area (Å²) in [6, 6.07) is 13.2. The number of benzene rings is 1. The Balaban J connectivity index is 1.50. The van der Waals surface area contributed by atoms with E-state index < -0.39 is 9.84 Å². The predicted octanol–water partition coefficient (Wildman–Crippen LogP) is 3.63. The van der Waals surface area contributed by atoms with E-state index in [-0.39, 0.29) is 23.5 Å². The van der Waals surface area contributed by atoms with E-state index in [2.05, 4.69) is 6.92 Å². The Bertz CT molecular complexity index is 977. The Morgan fingerprint density at radius 1 is 1.21 bits per heavy atom. The molecule has 4 rings (SSSR count). The lowest BCUT2D eigenvalue weighted by atomic mass is 10.1. The summed E-state index contributed by atoms with van der Waals surface area (Å²) in [6.07, 6.45) is 4.81. The molecule has 2 aliphatic rings. The second kappa shape index (κ2) is 7.59. The smallest absolute Gasteiger partial charge is 0.247 e. The van der Waals surface area contributed by atoms with Gasteiger partial charge in [0.15, 0.2) is 9.84 Å². The van der Waals surface area contributed by atoms with Crippen LogP contribution in [-0.4, -0.2) is 36.8 Å². The van der Waals surface area contributed by atoms with Gasteiger partial charge in [0.2, 0.25) is 5.91 Å². The van der Waals surface area contributed by atoms with E-state index in [9.17, 15) is 13.2 Å². The lowest BCUT2D eigenvalue weighted by Gasteiger charge is -2.27. The highest BCUT2D eigenvalue weighted by atomic mass is 32.2. The van der Waals surface area contributed by atoms with Gasteiger partial charge in [0.1, 0.15) is 11.5 Å². The van der Waals surface area contributed by atoms with Gasteiger partial charge >= 0.3 is 0 Å². The average molecular weight is 400 g/mol. The monoisotopic (exact) mass is 399 g/mol. The number of carbonyl (C=O) groups excluding carboxylic acids is 1. The highest BCUT2D eigenvalue weighted by molar-refractivity contribution is 7.91. The normalized spacial score (nSPS) is 25.8. The first-order valence-corrected chi connectivity index (χ1v) is 11.6. The van der Waals surface area contributed by atoms with Gasteiger partial charge in [-0.3, -0.25) is 4.79 Å². The SMILES string of the molecule is CC1CC1c1ccc(C=CC(=O)N(Cc2ccccc2)C2CCS(=O)(=O)C2)o1. The molecule has 5 nitrogen and oxygen atoms in total. The van der Waals surface area contributed by atoms with Crippen LogP contribution in [0.3, 0.4) is 0 Å². The largest absolute Gasteiger partial charge is 0.461 e. The lowest BCUT2D eigenvalue weighted by molar-refractivity contribution is -0.128. The fourth-order valence-electron chi connectivity index (χ4n) is 3.81. The summed E-state index contributed by atoms with van der Waals surface area (Å²) in [5.74, 6) is 2.77. The standard InChI is InChI=1S/C22H25NO4S/c1-16-13-20(16)21-9-7-19(27-21)8-10-22(24)23(14-17-5-3-2-4-6-17)18-11-12-28(25,26)15-18/h2-10,16,18,20H,11-15H2,1H3. The number of sulfone groups is 1. The summed E-state index contributed by atoms with van der Waals surface area (Å²) in [7, 11) is -3.07. The molecule has 28 heavy (non-hydrogen) atoms. The molecule has 2 heterocycles. The van der Waals surface area contributed by atoms with Gasteiger partial charge in [-0.05, 0) is 42.5 Å². The molecule has 1 saturated heterocycles. The fraction of sp³-hybridized carbons (Fsp3) is 0.409. The number of carbonyl (C=O) groups is 1. The van der Waals surface area contributed by atoms with Crippen LogP contribution >= 0.6 is 0 Å². The van der Waals surface area contributed by atoms with Crippen LogP contribution in [0.1, 0.15) is 42.8 Å². The summed E-state index contributed by atoms with van der Waals surface area (Å²) in [6.45, 7) is 2.59. The molecular weight excluding hydrogens is 374 g/mol. The summed E-state index contributed by atoms with van der Waals surface area (Å²) in [5.41, 5.74) is 0.983. The van der Waals surface area contributed by atoms with Crippen molar-refractivity contribution in [3.05, 3.63) is 65.6 Å². The highest BCUT2D eigenvalue weighted by Crippen LogP contribution is 2.47. The molecule has 1 aromatic heterocycles. The van der Waals surface area contributed by atoms with Crippen LogP contribution in [0.5, 0.6) is 0 Å². The van der Waals surface area contributed by atoms with Gasteiger partial charge in [0, 0.05) is 24.6 Å². The molecule has 3 unspecified atom stereocenters. The Labute approximate surface area is 166 Å². The van der Waals surface area contributed by atoms with Gasteiger partial charge in [0.25, 0.3) is 0 Å². The minimum Gasteiger partial charge on any atom is -0.461 e. The zero-order chi connectivity index (χ0) is 19.7. The maximum Gasteiger partial charge on any atom is 0.247 e. The number of hydrogen-bond donors (Lipinski definition) is 0. The zero-order valence-electron chi connectivity index (χ0n) is 16.0. The third-order valence-electron chi connectivity index (χ3n) is 5.64.